The maximum Gasteiger partial charge on any atom is 0.252 e. The highest BCUT2D eigenvalue weighted by atomic mass is 32.1. The van der Waals surface area contributed by atoms with Crippen LogP contribution < -0.4 is 5.32 Å². The lowest BCUT2D eigenvalue weighted by atomic mass is 10.1. The summed E-state index contributed by atoms with van der Waals surface area (Å²) < 4.78 is 0. The number of thiophene rings is 1. The molecule has 0 fully saturated rings. The average Bonchev–Trinajstić information content (AvgIpc) is 3.18. The van der Waals surface area contributed by atoms with Crippen molar-refractivity contribution in [2.45, 2.75) is 39.0 Å². The van der Waals surface area contributed by atoms with Crippen LogP contribution in [0.15, 0.2) is 47.8 Å². The van der Waals surface area contributed by atoms with Gasteiger partial charge in [-0.15, -0.1) is 11.3 Å². The van der Waals surface area contributed by atoms with E-state index in [0.717, 1.165) is 34.4 Å². The molecule has 0 aliphatic rings. The minimum Gasteiger partial charge on any atom is -0.352 e. The topological polar surface area (TPSA) is 42.0 Å². The number of nitrogens with zero attached hydrogens (tertiary/aromatic N) is 1. The van der Waals surface area contributed by atoms with Gasteiger partial charge in [-0.2, -0.15) is 0 Å². The maximum absolute atomic E-state index is 12.7. The van der Waals surface area contributed by atoms with Crippen molar-refractivity contribution in [1.82, 2.24) is 10.3 Å². The number of carbonyl (C=O) groups excluding carboxylic acids is 1. The predicted molar refractivity (Wildman–Crippen MR) is 106 cm³/mol. The molecule has 130 valence electrons. The van der Waals surface area contributed by atoms with E-state index in [9.17, 15) is 4.79 Å². The number of pyridine rings is 1. The van der Waals surface area contributed by atoms with Gasteiger partial charge in [0.05, 0.1) is 21.7 Å². The summed E-state index contributed by atoms with van der Waals surface area (Å²) in [6, 6.07) is 13.8. The molecule has 1 aromatic carbocycles. The zero-order chi connectivity index (χ0) is 17.5. The largest absolute Gasteiger partial charge is 0.352 e. The first-order valence-corrected chi connectivity index (χ1v) is 9.89. The van der Waals surface area contributed by atoms with Crippen LogP contribution in [0.5, 0.6) is 0 Å². The van der Waals surface area contributed by atoms with Crippen LogP contribution in [-0.2, 0) is 0 Å². The molecule has 0 saturated carbocycles. The number of amides is 1. The first kappa shape index (κ1) is 17.6. The van der Waals surface area contributed by atoms with Gasteiger partial charge in [0.15, 0.2) is 0 Å². The van der Waals surface area contributed by atoms with E-state index in [0.29, 0.717) is 5.56 Å². The van der Waals surface area contributed by atoms with Crippen LogP contribution in [0.25, 0.3) is 21.5 Å². The monoisotopic (exact) mass is 352 g/mol. The second-order valence-electron chi connectivity index (χ2n) is 6.22. The summed E-state index contributed by atoms with van der Waals surface area (Å²) in [6.45, 7) is 2.94. The van der Waals surface area contributed by atoms with Gasteiger partial charge in [0, 0.05) is 11.9 Å². The van der Waals surface area contributed by atoms with E-state index in [1.165, 1.54) is 25.7 Å². The number of nitrogens with one attached hydrogen (secondary N) is 1. The number of para-hydroxylation sites is 1. The zero-order valence-corrected chi connectivity index (χ0v) is 15.4. The van der Waals surface area contributed by atoms with Crippen LogP contribution in [0, 0.1) is 0 Å². The van der Waals surface area contributed by atoms with Gasteiger partial charge < -0.3 is 5.32 Å². The molecule has 25 heavy (non-hydrogen) atoms. The number of aromatic nitrogens is 1. The van der Waals surface area contributed by atoms with E-state index in [4.69, 9.17) is 4.98 Å². The summed E-state index contributed by atoms with van der Waals surface area (Å²) in [7, 11) is 0. The highest BCUT2D eigenvalue weighted by Gasteiger charge is 2.13. The smallest absolute Gasteiger partial charge is 0.252 e. The minimum atomic E-state index is -0.00750. The lowest BCUT2D eigenvalue weighted by molar-refractivity contribution is 0.0954. The predicted octanol–water partition coefficient (Wildman–Crippen LogP) is 5.66. The van der Waals surface area contributed by atoms with Crippen molar-refractivity contribution >= 4 is 28.1 Å². The molecular weight excluding hydrogens is 328 g/mol. The Morgan fingerprint density at radius 1 is 1.08 bits per heavy atom. The van der Waals surface area contributed by atoms with Gasteiger partial charge >= 0.3 is 0 Å². The Kier molecular flexibility index (Phi) is 6.18. The normalized spacial score (nSPS) is 10.9. The SMILES string of the molecule is CCCCCCCNC(=O)c1cc(-c2cccs2)nc2ccccc12. The molecule has 3 nitrogen and oxygen atoms in total. The molecule has 0 spiro atoms. The van der Waals surface area contributed by atoms with Crippen LogP contribution in [-0.4, -0.2) is 17.4 Å². The fraction of sp³-hybridized carbons (Fsp3) is 0.333. The molecule has 1 N–H and O–H groups in total. The van der Waals surface area contributed by atoms with E-state index >= 15 is 0 Å². The lowest BCUT2D eigenvalue weighted by Crippen LogP contribution is -2.24. The summed E-state index contributed by atoms with van der Waals surface area (Å²) >= 11 is 1.64. The molecule has 0 bridgehead atoms. The number of hydrogen-bond donors (Lipinski definition) is 1. The molecule has 0 atom stereocenters. The number of benzene rings is 1. The standard InChI is InChI=1S/C21H24N2OS/c1-2-3-4-5-8-13-22-21(24)17-15-19(20-12-9-14-25-20)23-18-11-7-6-10-16(17)18/h6-7,9-12,14-15H,2-5,8,13H2,1H3,(H,22,24). The van der Waals surface area contributed by atoms with Crippen molar-refractivity contribution in [2.75, 3.05) is 6.54 Å². The highest BCUT2D eigenvalue weighted by Crippen LogP contribution is 2.27. The average molecular weight is 353 g/mol. The number of fused-ring (bicyclic) bond motifs is 1. The quantitative estimate of drug-likeness (QED) is 0.531. The van der Waals surface area contributed by atoms with Crippen LogP contribution >= 0.6 is 11.3 Å². The Labute approximate surface area is 153 Å². The zero-order valence-electron chi connectivity index (χ0n) is 14.6. The van der Waals surface area contributed by atoms with Crippen molar-refractivity contribution in [3.05, 3.63) is 53.4 Å². The Bertz CT molecular complexity index is 827. The van der Waals surface area contributed by atoms with Gasteiger partial charge in [-0.05, 0) is 30.0 Å². The number of unbranched alkanes of at least 4 members (excludes halogenated alkanes) is 4. The molecule has 4 heteroatoms. The van der Waals surface area contributed by atoms with Gasteiger partial charge in [-0.25, -0.2) is 4.98 Å². The van der Waals surface area contributed by atoms with E-state index in [1.807, 2.05) is 47.8 Å². The van der Waals surface area contributed by atoms with E-state index in [1.54, 1.807) is 11.3 Å². The first-order chi connectivity index (χ1) is 12.3. The van der Waals surface area contributed by atoms with Gasteiger partial charge in [0.2, 0.25) is 0 Å². The summed E-state index contributed by atoms with van der Waals surface area (Å²) in [5.74, 6) is -0.00750. The number of rotatable bonds is 8. The third-order valence-electron chi connectivity index (χ3n) is 4.30. The van der Waals surface area contributed by atoms with Crippen molar-refractivity contribution < 1.29 is 4.79 Å². The fourth-order valence-electron chi connectivity index (χ4n) is 2.94. The van der Waals surface area contributed by atoms with Crippen molar-refractivity contribution in [3.63, 3.8) is 0 Å². The summed E-state index contributed by atoms with van der Waals surface area (Å²) in [5, 5.41) is 6.02. The molecular formula is C21H24N2OS. The summed E-state index contributed by atoms with van der Waals surface area (Å²) in [5.41, 5.74) is 2.44. The summed E-state index contributed by atoms with van der Waals surface area (Å²) in [6.07, 6.45) is 5.96. The van der Waals surface area contributed by atoms with Crippen LogP contribution in [0.2, 0.25) is 0 Å². The molecule has 3 aromatic rings. The van der Waals surface area contributed by atoms with Crippen LogP contribution in [0.1, 0.15) is 49.4 Å². The first-order valence-electron chi connectivity index (χ1n) is 9.01. The van der Waals surface area contributed by atoms with Gasteiger partial charge in [-0.1, -0.05) is 56.9 Å². The number of carbonyl (C=O) groups is 1. The van der Waals surface area contributed by atoms with E-state index < -0.39 is 0 Å². The van der Waals surface area contributed by atoms with Gasteiger partial charge in [-0.3, -0.25) is 4.79 Å². The van der Waals surface area contributed by atoms with Crippen molar-refractivity contribution in [2.24, 2.45) is 0 Å². The lowest BCUT2D eigenvalue weighted by Gasteiger charge is -2.10. The molecule has 0 aliphatic carbocycles. The van der Waals surface area contributed by atoms with Crippen LogP contribution in [0.3, 0.4) is 0 Å². The second kappa shape index (κ2) is 8.77. The molecule has 3 rings (SSSR count). The Morgan fingerprint density at radius 3 is 2.72 bits per heavy atom. The second-order valence-corrected chi connectivity index (χ2v) is 7.17. The molecule has 0 radical (unpaired) electrons. The van der Waals surface area contributed by atoms with Crippen LogP contribution in [0.4, 0.5) is 0 Å². The Balaban J connectivity index is 1.78. The minimum absolute atomic E-state index is 0.00750. The third kappa shape index (κ3) is 4.45. The van der Waals surface area contributed by atoms with Crippen molar-refractivity contribution in [3.8, 4) is 10.6 Å². The highest BCUT2D eigenvalue weighted by molar-refractivity contribution is 7.13. The molecule has 1 amide bonds. The molecule has 0 saturated heterocycles. The number of hydrogen-bond acceptors (Lipinski definition) is 3. The van der Waals surface area contributed by atoms with Gasteiger partial charge in [0.1, 0.15) is 0 Å². The molecule has 0 aliphatic heterocycles. The Morgan fingerprint density at radius 2 is 1.92 bits per heavy atom. The summed E-state index contributed by atoms with van der Waals surface area (Å²) in [4.78, 5) is 18.5. The van der Waals surface area contributed by atoms with Gasteiger partial charge in [0.25, 0.3) is 5.91 Å². The molecule has 2 heterocycles. The maximum atomic E-state index is 12.7. The Hall–Kier alpha value is -2.20. The fourth-order valence-corrected chi connectivity index (χ4v) is 3.63. The molecule has 0 unspecified atom stereocenters. The van der Waals surface area contributed by atoms with Crippen molar-refractivity contribution in [1.29, 1.82) is 0 Å². The third-order valence-corrected chi connectivity index (χ3v) is 5.19. The van der Waals surface area contributed by atoms with E-state index in [2.05, 4.69) is 12.2 Å². The van der Waals surface area contributed by atoms with E-state index in [-0.39, 0.29) is 5.91 Å². The molecule has 2 aromatic heterocycles.